The molecular weight excluding hydrogens is 328 g/mol. The molecule has 7 nitrogen and oxygen atoms in total. The zero-order chi connectivity index (χ0) is 18.5. The van der Waals surface area contributed by atoms with E-state index >= 15 is 0 Å². The van der Waals surface area contributed by atoms with Gasteiger partial charge in [0.25, 0.3) is 0 Å². The summed E-state index contributed by atoms with van der Waals surface area (Å²) in [7, 11) is 3.44. The average molecular weight is 352 g/mol. The normalized spacial score (nSPS) is 14.2. The third-order valence-electron chi connectivity index (χ3n) is 4.43. The van der Waals surface area contributed by atoms with Crippen LogP contribution in [0.5, 0.6) is 0 Å². The molecule has 3 rings (SSSR count). The van der Waals surface area contributed by atoms with E-state index in [4.69, 9.17) is 5.26 Å². The fraction of sp³-hybridized carbons (Fsp3) is 0.421. The standard InChI is InChI=1S/C19H24N6O/c1-23(2)19(26)21-12-17-10-18-14-24(7-4-8-25(18)22-17)13-16-6-3-5-15(9-16)11-20/h3,5-6,9-10H,4,7-8,12-14H2,1-2H3,(H,21,26). The molecule has 0 unspecified atom stereocenters. The van der Waals surface area contributed by atoms with E-state index in [1.807, 2.05) is 22.9 Å². The van der Waals surface area contributed by atoms with Gasteiger partial charge in [-0.2, -0.15) is 10.4 Å². The summed E-state index contributed by atoms with van der Waals surface area (Å²) in [5.74, 6) is 0. The van der Waals surface area contributed by atoms with Gasteiger partial charge < -0.3 is 10.2 Å². The van der Waals surface area contributed by atoms with Crippen molar-refractivity contribution in [1.29, 1.82) is 5.26 Å². The number of hydrogen-bond donors (Lipinski definition) is 1. The van der Waals surface area contributed by atoms with Crippen molar-refractivity contribution >= 4 is 6.03 Å². The largest absolute Gasteiger partial charge is 0.332 e. The smallest absolute Gasteiger partial charge is 0.317 e. The Morgan fingerprint density at radius 1 is 1.35 bits per heavy atom. The van der Waals surface area contributed by atoms with E-state index in [-0.39, 0.29) is 6.03 Å². The number of carbonyl (C=O) groups is 1. The summed E-state index contributed by atoms with van der Waals surface area (Å²) in [6.45, 7) is 3.93. The van der Waals surface area contributed by atoms with Crippen molar-refractivity contribution in [3.8, 4) is 6.07 Å². The van der Waals surface area contributed by atoms with Gasteiger partial charge in [-0.25, -0.2) is 4.79 Å². The average Bonchev–Trinajstić information content (AvgIpc) is 2.91. The van der Waals surface area contributed by atoms with Gasteiger partial charge in [-0.05, 0) is 30.2 Å². The predicted octanol–water partition coefficient (Wildman–Crippen LogP) is 1.93. The number of hydrogen-bond acceptors (Lipinski definition) is 4. The third kappa shape index (κ3) is 4.41. The van der Waals surface area contributed by atoms with Crippen LogP contribution in [-0.2, 0) is 26.2 Å². The fourth-order valence-corrected chi connectivity index (χ4v) is 3.13. The Bertz CT molecular complexity index is 820. The first-order valence-electron chi connectivity index (χ1n) is 8.77. The highest BCUT2D eigenvalue weighted by molar-refractivity contribution is 5.73. The van der Waals surface area contributed by atoms with Crippen LogP contribution < -0.4 is 5.32 Å². The number of aromatic nitrogens is 2. The SMILES string of the molecule is CN(C)C(=O)NCc1cc2n(n1)CCCN(Cc1cccc(C#N)c1)C2. The molecule has 0 spiro atoms. The van der Waals surface area contributed by atoms with E-state index in [2.05, 4.69) is 33.5 Å². The second-order valence-corrected chi connectivity index (χ2v) is 6.78. The summed E-state index contributed by atoms with van der Waals surface area (Å²) in [6, 6.07) is 11.9. The van der Waals surface area contributed by atoms with Gasteiger partial charge in [-0.15, -0.1) is 0 Å². The molecule has 2 aromatic rings. The molecular formula is C19H24N6O. The van der Waals surface area contributed by atoms with Crippen LogP contribution in [0.25, 0.3) is 0 Å². The molecule has 2 amide bonds. The minimum atomic E-state index is -0.118. The van der Waals surface area contributed by atoms with Gasteiger partial charge >= 0.3 is 6.03 Å². The molecule has 0 radical (unpaired) electrons. The van der Waals surface area contributed by atoms with Gasteiger partial charge in [0, 0.05) is 40.3 Å². The van der Waals surface area contributed by atoms with Crippen molar-refractivity contribution in [2.24, 2.45) is 0 Å². The van der Waals surface area contributed by atoms with Crippen LogP contribution in [-0.4, -0.2) is 46.3 Å². The zero-order valence-electron chi connectivity index (χ0n) is 15.3. The topological polar surface area (TPSA) is 77.2 Å². The number of nitrogens with zero attached hydrogens (tertiary/aromatic N) is 5. The number of urea groups is 1. The number of amides is 2. The molecule has 1 aliphatic rings. The van der Waals surface area contributed by atoms with Crippen molar-refractivity contribution < 1.29 is 4.79 Å². The first-order valence-corrected chi connectivity index (χ1v) is 8.77. The van der Waals surface area contributed by atoms with E-state index in [1.165, 1.54) is 4.90 Å². The number of nitriles is 1. The van der Waals surface area contributed by atoms with Gasteiger partial charge in [-0.1, -0.05) is 12.1 Å². The molecule has 0 saturated carbocycles. The van der Waals surface area contributed by atoms with Crippen molar-refractivity contribution in [3.05, 3.63) is 52.8 Å². The molecule has 1 aromatic carbocycles. The van der Waals surface area contributed by atoms with E-state index in [0.29, 0.717) is 12.1 Å². The molecule has 2 heterocycles. The first kappa shape index (κ1) is 18.0. The summed E-state index contributed by atoms with van der Waals surface area (Å²) < 4.78 is 2.04. The van der Waals surface area contributed by atoms with Gasteiger partial charge in [0.05, 0.1) is 29.6 Å². The lowest BCUT2D eigenvalue weighted by molar-refractivity contribution is 0.217. The van der Waals surface area contributed by atoms with Gasteiger partial charge in [0.2, 0.25) is 0 Å². The van der Waals surface area contributed by atoms with Crippen molar-refractivity contribution in [1.82, 2.24) is 24.9 Å². The monoisotopic (exact) mass is 352 g/mol. The molecule has 1 aromatic heterocycles. The molecule has 26 heavy (non-hydrogen) atoms. The molecule has 0 fully saturated rings. The second kappa shape index (κ2) is 8.02. The molecule has 7 heteroatoms. The van der Waals surface area contributed by atoms with Crippen LogP contribution in [0.1, 0.15) is 28.9 Å². The van der Waals surface area contributed by atoms with Crippen molar-refractivity contribution in [2.75, 3.05) is 20.6 Å². The van der Waals surface area contributed by atoms with Gasteiger partial charge in [-0.3, -0.25) is 9.58 Å². The summed E-state index contributed by atoms with van der Waals surface area (Å²) in [5.41, 5.74) is 3.88. The number of aryl methyl sites for hydroxylation is 1. The van der Waals surface area contributed by atoms with Crippen molar-refractivity contribution in [2.45, 2.75) is 32.6 Å². The number of carbonyl (C=O) groups excluding carboxylic acids is 1. The quantitative estimate of drug-likeness (QED) is 0.912. The summed E-state index contributed by atoms with van der Waals surface area (Å²) in [5, 5.41) is 16.5. The number of nitrogens with one attached hydrogen (secondary N) is 1. The van der Waals surface area contributed by atoms with Crippen LogP contribution in [0, 0.1) is 11.3 Å². The number of fused-ring (bicyclic) bond motifs is 1. The van der Waals surface area contributed by atoms with Crippen LogP contribution in [0.4, 0.5) is 4.79 Å². The van der Waals surface area contributed by atoms with E-state index < -0.39 is 0 Å². The zero-order valence-corrected chi connectivity index (χ0v) is 15.3. The highest BCUT2D eigenvalue weighted by Crippen LogP contribution is 2.17. The van der Waals surface area contributed by atoms with Crippen LogP contribution in [0.3, 0.4) is 0 Å². The maximum Gasteiger partial charge on any atom is 0.317 e. The molecule has 0 atom stereocenters. The van der Waals surface area contributed by atoms with E-state index in [9.17, 15) is 4.79 Å². The highest BCUT2D eigenvalue weighted by atomic mass is 16.2. The Morgan fingerprint density at radius 3 is 2.96 bits per heavy atom. The molecule has 1 aliphatic heterocycles. The van der Waals surface area contributed by atoms with Crippen LogP contribution >= 0.6 is 0 Å². The Labute approximate surface area is 153 Å². The Balaban J connectivity index is 1.65. The maximum atomic E-state index is 11.7. The van der Waals surface area contributed by atoms with Crippen LogP contribution in [0.15, 0.2) is 30.3 Å². The minimum absolute atomic E-state index is 0.118. The maximum absolute atomic E-state index is 11.7. The molecule has 1 N–H and O–H groups in total. The van der Waals surface area contributed by atoms with E-state index in [0.717, 1.165) is 49.6 Å². The fourth-order valence-electron chi connectivity index (χ4n) is 3.13. The third-order valence-corrected chi connectivity index (χ3v) is 4.43. The Kier molecular flexibility index (Phi) is 5.54. The second-order valence-electron chi connectivity index (χ2n) is 6.78. The lowest BCUT2D eigenvalue weighted by Gasteiger charge is -2.19. The molecule has 136 valence electrons. The minimum Gasteiger partial charge on any atom is -0.332 e. The van der Waals surface area contributed by atoms with Crippen molar-refractivity contribution in [3.63, 3.8) is 0 Å². The summed E-state index contributed by atoms with van der Waals surface area (Å²) in [6.07, 6.45) is 1.02. The van der Waals surface area contributed by atoms with Gasteiger partial charge in [0.1, 0.15) is 0 Å². The summed E-state index contributed by atoms with van der Waals surface area (Å²) in [4.78, 5) is 15.6. The number of rotatable bonds is 4. The predicted molar refractivity (Wildman–Crippen MR) is 98.0 cm³/mol. The Morgan fingerprint density at radius 2 is 2.19 bits per heavy atom. The molecule has 0 saturated heterocycles. The lowest BCUT2D eigenvalue weighted by Crippen LogP contribution is -2.34. The molecule has 0 aliphatic carbocycles. The van der Waals surface area contributed by atoms with Gasteiger partial charge in [0.15, 0.2) is 0 Å². The van der Waals surface area contributed by atoms with Crippen LogP contribution in [0.2, 0.25) is 0 Å². The number of benzene rings is 1. The Hall–Kier alpha value is -2.85. The summed E-state index contributed by atoms with van der Waals surface area (Å²) >= 11 is 0. The first-order chi connectivity index (χ1) is 12.5. The highest BCUT2D eigenvalue weighted by Gasteiger charge is 2.17. The van der Waals surface area contributed by atoms with E-state index in [1.54, 1.807) is 14.1 Å². The molecule has 0 bridgehead atoms. The lowest BCUT2D eigenvalue weighted by atomic mass is 10.1.